The van der Waals surface area contributed by atoms with E-state index in [0.29, 0.717) is 51.4 Å². The van der Waals surface area contributed by atoms with Gasteiger partial charge < -0.3 is 24.1 Å². The Bertz CT molecular complexity index is 1320. The van der Waals surface area contributed by atoms with Crippen molar-refractivity contribution >= 4 is 33.4 Å². The molecule has 0 aromatic heterocycles. The summed E-state index contributed by atoms with van der Waals surface area (Å²) in [6.07, 6.45) is 1.46. The molecule has 0 saturated carbocycles. The Morgan fingerprint density at radius 2 is 1.71 bits per heavy atom. The maximum absolute atomic E-state index is 13.8. The van der Waals surface area contributed by atoms with Crippen LogP contribution in [0.4, 0.5) is 0 Å². The average molecular weight is 586 g/mol. The van der Waals surface area contributed by atoms with E-state index in [4.69, 9.17) is 23.9 Å². The predicted molar refractivity (Wildman–Crippen MR) is 147 cm³/mol. The van der Waals surface area contributed by atoms with Crippen molar-refractivity contribution in [3.05, 3.63) is 57.2 Å². The third-order valence-electron chi connectivity index (χ3n) is 7.10. The molecule has 38 heavy (non-hydrogen) atoms. The Labute approximate surface area is 230 Å². The number of carbonyl (C=O) groups is 2. The summed E-state index contributed by atoms with van der Waals surface area (Å²) in [6, 6.07) is 9.06. The molecule has 1 unspecified atom stereocenters. The van der Waals surface area contributed by atoms with E-state index in [-0.39, 0.29) is 36.2 Å². The minimum absolute atomic E-state index is 0.0553. The number of phenols is 1. The first-order chi connectivity index (χ1) is 18.2. The van der Waals surface area contributed by atoms with Crippen molar-refractivity contribution in [1.29, 1.82) is 0 Å². The zero-order valence-electron chi connectivity index (χ0n) is 22.2. The Hall–Kier alpha value is -3.33. The molecule has 0 fully saturated rings. The lowest BCUT2D eigenvalue weighted by Gasteiger charge is -2.36. The number of methoxy groups -OCH3 is 3. The van der Waals surface area contributed by atoms with Crippen LogP contribution >= 0.6 is 15.9 Å². The molecule has 1 aliphatic carbocycles. The molecule has 0 saturated heterocycles. The molecule has 2 aliphatic rings. The molecule has 0 amide bonds. The molecule has 9 heteroatoms. The summed E-state index contributed by atoms with van der Waals surface area (Å²) in [5, 5.41) is 10.4. The highest BCUT2D eigenvalue weighted by Crippen LogP contribution is 2.49. The summed E-state index contributed by atoms with van der Waals surface area (Å²) < 4.78 is 22.2. The number of halogens is 1. The number of benzene rings is 2. The second kappa shape index (κ2) is 11.6. The van der Waals surface area contributed by atoms with Gasteiger partial charge in [-0.25, -0.2) is 0 Å². The minimum atomic E-state index is -0.775. The largest absolute Gasteiger partial charge is 0.503 e. The average Bonchev–Trinajstić information content (AvgIpc) is 2.91. The van der Waals surface area contributed by atoms with Gasteiger partial charge in [-0.05, 0) is 77.0 Å². The first-order valence-corrected chi connectivity index (χ1v) is 13.3. The number of aromatic hydroxyl groups is 1. The maximum atomic E-state index is 13.8. The van der Waals surface area contributed by atoms with Crippen molar-refractivity contribution in [3.63, 3.8) is 0 Å². The first-order valence-electron chi connectivity index (χ1n) is 12.5. The van der Waals surface area contributed by atoms with Crippen molar-refractivity contribution in [1.82, 2.24) is 0 Å². The van der Waals surface area contributed by atoms with E-state index in [9.17, 15) is 14.7 Å². The van der Waals surface area contributed by atoms with Gasteiger partial charge >= 0.3 is 5.97 Å². The number of ether oxygens (including phenoxy) is 4. The van der Waals surface area contributed by atoms with Crippen LogP contribution in [0.2, 0.25) is 0 Å². The molecule has 202 valence electrons. The van der Waals surface area contributed by atoms with Gasteiger partial charge in [0, 0.05) is 29.3 Å². The van der Waals surface area contributed by atoms with Crippen LogP contribution in [0.1, 0.15) is 56.1 Å². The lowest BCUT2D eigenvalue weighted by Crippen LogP contribution is -2.38. The van der Waals surface area contributed by atoms with Crippen molar-refractivity contribution in [2.24, 2.45) is 10.9 Å². The number of nitrogens with zero attached hydrogens (tertiary/aromatic N) is 1. The molecule has 2 aromatic carbocycles. The quantitative estimate of drug-likeness (QED) is 0.396. The van der Waals surface area contributed by atoms with Crippen molar-refractivity contribution in [2.45, 2.75) is 44.9 Å². The number of ketones is 1. The highest BCUT2D eigenvalue weighted by atomic mass is 79.9. The van der Waals surface area contributed by atoms with Crippen LogP contribution in [-0.2, 0) is 14.3 Å². The minimum Gasteiger partial charge on any atom is -0.503 e. The summed E-state index contributed by atoms with van der Waals surface area (Å²) >= 11 is 3.39. The van der Waals surface area contributed by atoms with Crippen molar-refractivity contribution < 1.29 is 33.6 Å². The number of carbonyl (C=O) groups excluding carboxylic acids is 2. The van der Waals surface area contributed by atoms with Crippen LogP contribution in [0.5, 0.6) is 23.0 Å². The van der Waals surface area contributed by atoms with Gasteiger partial charge in [0.05, 0.1) is 32.4 Å². The Balaban J connectivity index is 1.82. The van der Waals surface area contributed by atoms with Crippen molar-refractivity contribution in [2.75, 3.05) is 27.9 Å². The smallest absolute Gasteiger partial charge is 0.315 e. The van der Waals surface area contributed by atoms with Crippen LogP contribution < -0.4 is 14.2 Å². The van der Waals surface area contributed by atoms with E-state index in [0.717, 1.165) is 5.56 Å². The summed E-state index contributed by atoms with van der Waals surface area (Å²) in [5.41, 5.74) is 3.35. The topological polar surface area (TPSA) is 104 Å². The van der Waals surface area contributed by atoms with Crippen LogP contribution in [0.3, 0.4) is 0 Å². The number of hydrogen-bond acceptors (Lipinski definition) is 8. The van der Waals surface area contributed by atoms with Crippen molar-refractivity contribution in [3.8, 4) is 23.0 Å². The van der Waals surface area contributed by atoms with E-state index in [2.05, 4.69) is 15.9 Å². The molecule has 0 radical (unpaired) electrons. The summed E-state index contributed by atoms with van der Waals surface area (Å²) in [6.45, 7) is 4.00. The zero-order valence-corrected chi connectivity index (χ0v) is 23.8. The number of aliphatic imine (C=N–C) groups is 1. The van der Waals surface area contributed by atoms with Gasteiger partial charge in [-0.15, -0.1) is 0 Å². The van der Waals surface area contributed by atoms with Gasteiger partial charge in [-0.2, -0.15) is 0 Å². The summed E-state index contributed by atoms with van der Waals surface area (Å²) in [7, 11) is 4.61. The van der Waals surface area contributed by atoms with E-state index in [1.165, 1.54) is 7.11 Å². The van der Waals surface area contributed by atoms with Gasteiger partial charge in [-0.3, -0.25) is 14.6 Å². The van der Waals surface area contributed by atoms with Gasteiger partial charge in [0.25, 0.3) is 0 Å². The molecule has 1 heterocycles. The SMILES string of the molecule is CCCOC(=O)C1C(C)=NC2=C(C(=O)C[C@H](c3ccc(OC)c(OC)c3)C2)[C@H]1c1cc(Br)c(O)c(OC)c1. The second-order valence-corrected chi connectivity index (χ2v) is 10.3. The number of hydrogen-bond donors (Lipinski definition) is 1. The molecule has 2 aromatic rings. The van der Waals surface area contributed by atoms with Crippen LogP contribution in [-0.4, -0.2) is 50.5 Å². The molecular formula is C29H32BrNO7. The standard InChI is InChI=1S/C29H32BrNO7/c1-6-9-38-29(34)25-15(2)31-20-11-17(16-7-8-22(35-3)23(13-16)36-4)12-21(32)27(20)26(25)18-10-19(30)28(33)24(14-18)37-5/h7-8,10,13-14,17,25-26,33H,6,9,11-12H2,1-5H3/t17-,25?,26+/m1/s1. The normalized spacial score (nSPS) is 20.9. The van der Waals surface area contributed by atoms with E-state index < -0.39 is 17.8 Å². The first kappa shape index (κ1) is 27.7. The van der Waals surface area contributed by atoms with Gasteiger partial charge in [0.15, 0.2) is 28.8 Å². The molecule has 8 nitrogen and oxygen atoms in total. The van der Waals surface area contributed by atoms with E-state index in [1.807, 2.05) is 25.1 Å². The third kappa shape index (κ3) is 5.16. The lowest BCUT2D eigenvalue weighted by atomic mass is 9.69. The Kier molecular flexibility index (Phi) is 8.45. The molecule has 3 atom stereocenters. The molecule has 0 bridgehead atoms. The van der Waals surface area contributed by atoms with Gasteiger partial charge in [0.2, 0.25) is 0 Å². The van der Waals surface area contributed by atoms with Gasteiger partial charge in [-0.1, -0.05) is 13.0 Å². The second-order valence-electron chi connectivity index (χ2n) is 9.43. The zero-order chi connectivity index (χ0) is 27.6. The lowest BCUT2D eigenvalue weighted by molar-refractivity contribution is -0.146. The number of allylic oxidation sites excluding steroid dienone is 2. The molecule has 1 N–H and O–H groups in total. The number of phenolic OH excluding ortho intramolecular Hbond substituents is 1. The molecule has 1 aliphatic heterocycles. The fraction of sp³-hybridized carbons (Fsp3) is 0.414. The molecule has 0 spiro atoms. The summed E-state index contributed by atoms with van der Waals surface area (Å²) in [4.78, 5) is 31.9. The van der Waals surface area contributed by atoms with E-state index in [1.54, 1.807) is 33.3 Å². The number of rotatable bonds is 8. The van der Waals surface area contributed by atoms with Crippen LogP contribution in [0, 0.1) is 5.92 Å². The van der Waals surface area contributed by atoms with Gasteiger partial charge in [0.1, 0.15) is 5.92 Å². The molecular weight excluding hydrogens is 554 g/mol. The number of esters is 1. The highest BCUT2D eigenvalue weighted by molar-refractivity contribution is 9.10. The number of Topliss-reactive ketones (excluding diaryl/α,β-unsaturated/α-hetero) is 1. The van der Waals surface area contributed by atoms with Crippen LogP contribution in [0.15, 0.2) is 51.1 Å². The monoisotopic (exact) mass is 585 g/mol. The Morgan fingerprint density at radius 1 is 1.03 bits per heavy atom. The maximum Gasteiger partial charge on any atom is 0.315 e. The van der Waals surface area contributed by atoms with Crippen LogP contribution in [0.25, 0.3) is 0 Å². The summed E-state index contributed by atoms with van der Waals surface area (Å²) in [5.74, 6) is -0.624. The molecule has 4 rings (SSSR count). The third-order valence-corrected chi connectivity index (χ3v) is 7.70. The highest BCUT2D eigenvalue weighted by Gasteiger charge is 2.45. The fourth-order valence-corrected chi connectivity index (χ4v) is 5.75. The van der Waals surface area contributed by atoms with E-state index >= 15 is 0 Å². The fourth-order valence-electron chi connectivity index (χ4n) is 5.29. The Morgan fingerprint density at radius 3 is 2.37 bits per heavy atom. The predicted octanol–water partition coefficient (Wildman–Crippen LogP) is 5.71.